The number of carbonyl (C=O) groups is 1. The monoisotopic (exact) mass is 390 g/mol. The molecular formula is C17H12Cl2N4O3. The van der Waals surface area contributed by atoms with E-state index in [4.69, 9.17) is 23.2 Å². The third-order valence-corrected chi connectivity index (χ3v) is 4.19. The molecule has 7 nitrogen and oxygen atoms in total. The van der Waals surface area contributed by atoms with Crippen LogP contribution < -0.4 is 5.32 Å². The molecule has 26 heavy (non-hydrogen) atoms. The highest BCUT2D eigenvalue weighted by Gasteiger charge is 2.17. The van der Waals surface area contributed by atoms with Gasteiger partial charge in [-0.3, -0.25) is 14.9 Å². The van der Waals surface area contributed by atoms with Crippen molar-refractivity contribution in [1.29, 1.82) is 0 Å². The number of halogens is 2. The number of carbonyl (C=O) groups excluding carboxylic acids is 1. The lowest BCUT2D eigenvalue weighted by Crippen LogP contribution is -2.16. The van der Waals surface area contributed by atoms with E-state index in [0.717, 1.165) is 11.6 Å². The fourth-order valence-corrected chi connectivity index (χ4v) is 2.64. The molecule has 1 N–H and O–H groups in total. The van der Waals surface area contributed by atoms with Gasteiger partial charge in [-0.1, -0.05) is 35.3 Å². The molecule has 9 heteroatoms. The van der Waals surface area contributed by atoms with E-state index in [1.165, 1.54) is 12.1 Å². The van der Waals surface area contributed by atoms with Gasteiger partial charge in [0.15, 0.2) is 0 Å². The molecule has 0 fully saturated rings. The van der Waals surface area contributed by atoms with Gasteiger partial charge in [0.2, 0.25) is 0 Å². The quantitative estimate of drug-likeness (QED) is 0.516. The number of nitrogens with zero attached hydrogens (tertiary/aromatic N) is 3. The lowest BCUT2D eigenvalue weighted by atomic mass is 10.2. The van der Waals surface area contributed by atoms with E-state index in [2.05, 4.69) is 10.4 Å². The highest BCUT2D eigenvalue weighted by Crippen LogP contribution is 2.23. The normalized spacial score (nSPS) is 10.5. The van der Waals surface area contributed by atoms with E-state index in [0.29, 0.717) is 17.4 Å². The summed E-state index contributed by atoms with van der Waals surface area (Å²) in [5, 5.41) is 18.5. The number of nitro benzene ring substituents is 1. The minimum absolute atomic E-state index is 0.0140. The van der Waals surface area contributed by atoms with Gasteiger partial charge in [0, 0.05) is 23.2 Å². The maximum atomic E-state index is 12.5. The first-order chi connectivity index (χ1) is 12.4. The number of aromatic nitrogens is 2. The summed E-state index contributed by atoms with van der Waals surface area (Å²) < 4.78 is 1.59. The lowest BCUT2D eigenvalue weighted by molar-refractivity contribution is -0.384. The van der Waals surface area contributed by atoms with E-state index >= 15 is 0 Å². The van der Waals surface area contributed by atoms with Crippen molar-refractivity contribution in [3.63, 3.8) is 0 Å². The van der Waals surface area contributed by atoms with Crippen LogP contribution in [0.2, 0.25) is 10.0 Å². The topological polar surface area (TPSA) is 90.1 Å². The Morgan fingerprint density at radius 3 is 2.58 bits per heavy atom. The first kappa shape index (κ1) is 17.9. The molecule has 0 spiro atoms. The highest BCUT2D eigenvalue weighted by molar-refractivity contribution is 6.34. The third-order valence-electron chi connectivity index (χ3n) is 3.61. The molecule has 0 aliphatic heterocycles. The second kappa shape index (κ2) is 7.55. The van der Waals surface area contributed by atoms with Crippen molar-refractivity contribution in [3.8, 4) is 0 Å². The first-order valence-corrected chi connectivity index (χ1v) is 8.21. The van der Waals surface area contributed by atoms with Crippen LogP contribution in [-0.2, 0) is 6.54 Å². The Morgan fingerprint density at radius 2 is 1.88 bits per heavy atom. The predicted octanol–water partition coefficient (Wildman–Crippen LogP) is 4.40. The summed E-state index contributed by atoms with van der Waals surface area (Å²) in [6, 6.07) is 12.6. The largest absolute Gasteiger partial charge is 0.307 e. The van der Waals surface area contributed by atoms with Crippen molar-refractivity contribution < 1.29 is 9.72 Å². The van der Waals surface area contributed by atoms with Crippen molar-refractivity contribution >= 4 is 40.6 Å². The van der Waals surface area contributed by atoms with Crippen LogP contribution in [0.25, 0.3) is 0 Å². The average molecular weight is 391 g/mol. The molecule has 0 bridgehead atoms. The fourth-order valence-electron chi connectivity index (χ4n) is 2.31. The van der Waals surface area contributed by atoms with Crippen LogP contribution in [-0.4, -0.2) is 20.6 Å². The average Bonchev–Trinajstić information content (AvgIpc) is 3.03. The number of hydrogen-bond donors (Lipinski definition) is 1. The second-order valence-corrected chi connectivity index (χ2v) is 6.22. The predicted molar refractivity (Wildman–Crippen MR) is 98.8 cm³/mol. The van der Waals surface area contributed by atoms with Gasteiger partial charge in [-0.25, -0.2) is 4.68 Å². The smallest absolute Gasteiger partial charge is 0.270 e. The second-order valence-electron chi connectivity index (χ2n) is 5.38. The molecule has 1 heterocycles. The maximum Gasteiger partial charge on any atom is 0.270 e. The Kier molecular flexibility index (Phi) is 5.20. The van der Waals surface area contributed by atoms with E-state index in [1.807, 2.05) is 12.1 Å². The van der Waals surface area contributed by atoms with Crippen LogP contribution in [0, 0.1) is 10.1 Å². The molecule has 2 aromatic carbocycles. The lowest BCUT2D eigenvalue weighted by Gasteiger charge is -2.10. The Labute approximate surface area is 158 Å². The van der Waals surface area contributed by atoms with Crippen LogP contribution in [0.1, 0.15) is 15.9 Å². The molecule has 1 aromatic heterocycles. The zero-order valence-electron chi connectivity index (χ0n) is 13.2. The van der Waals surface area contributed by atoms with E-state index in [9.17, 15) is 14.9 Å². The Balaban J connectivity index is 1.81. The molecule has 0 radical (unpaired) electrons. The molecular weight excluding hydrogens is 379 g/mol. The summed E-state index contributed by atoms with van der Waals surface area (Å²) in [4.78, 5) is 22.8. The highest BCUT2D eigenvalue weighted by atomic mass is 35.5. The van der Waals surface area contributed by atoms with Gasteiger partial charge in [0.25, 0.3) is 11.6 Å². The van der Waals surface area contributed by atoms with E-state index in [1.54, 1.807) is 29.1 Å². The van der Waals surface area contributed by atoms with Crippen molar-refractivity contribution in [1.82, 2.24) is 9.78 Å². The summed E-state index contributed by atoms with van der Waals surface area (Å²) in [6.07, 6.45) is 1.54. The minimum Gasteiger partial charge on any atom is -0.307 e. The number of amides is 1. The zero-order chi connectivity index (χ0) is 18.7. The number of nitro groups is 1. The van der Waals surface area contributed by atoms with Crippen molar-refractivity contribution in [2.45, 2.75) is 6.54 Å². The van der Waals surface area contributed by atoms with Gasteiger partial charge in [-0.15, -0.1) is 0 Å². The number of rotatable bonds is 5. The Morgan fingerprint density at radius 1 is 1.15 bits per heavy atom. The van der Waals surface area contributed by atoms with Gasteiger partial charge in [0.05, 0.1) is 28.3 Å². The molecule has 3 aromatic rings. The molecule has 0 atom stereocenters. The van der Waals surface area contributed by atoms with Crippen LogP contribution in [0.15, 0.2) is 54.7 Å². The van der Waals surface area contributed by atoms with Gasteiger partial charge in [0.1, 0.15) is 5.82 Å². The van der Waals surface area contributed by atoms with Crippen LogP contribution >= 0.6 is 23.2 Å². The molecule has 1 amide bonds. The summed E-state index contributed by atoms with van der Waals surface area (Å²) in [6.45, 7) is 0.419. The number of hydrogen-bond acceptors (Lipinski definition) is 4. The SMILES string of the molecule is O=C(Nc1ccnn1Cc1ccc(Cl)cc1)c1cc([N+](=O)[O-])ccc1Cl. The number of nitrogens with one attached hydrogen (secondary N) is 1. The first-order valence-electron chi connectivity index (χ1n) is 7.45. The number of non-ortho nitro benzene ring substituents is 1. The number of benzene rings is 2. The summed E-state index contributed by atoms with van der Waals surface area (Å²) >= 11 is 11.9. The molecule has 0 aliphatic rings. The zero-order valence-corrected chi connectivity index (χ0v) is 14.7. The van der Waals surface area contributed by atoms with Crippen LogP contribution in [0.4, 0.5) is 11.5 Å². The summed E-state index contributed by atoms with van der Waals surface area (Å²) in [5.41, 5.74) is 0.747. The van der Waals surface area contributed by atoms with Crippen LogP contribution in [0.3, 0.4) is 0 Å². The van der Waals surface area contributed by atoms with Crippen LogP contribution in [0.5, 0.6) is 0 Å². The third kappa shape index (κ3) is 4.01. The van der Waals surface area contributed by atoms with Gasteiger partial charge in [-0.05, 0) is 23.8 Å². The molecule has 0 unspecified atom stereocenters. The summed E-state index contributed by atoms with van der Waals surface area (Å²) in [7, 11) is 0. The molecule has 3 rings (SSSR count). The van der Waals surface area contributed by atoms with E-state index < -0.39 is 10.8 Å². The summed E-state index contributed by atoms with van der Waals surface area (Å²) in [5.74, 6) is -0.121. The number of anilines is 1. The molecule has 0 aliphatic carbocycles. The fraction of sp³-hybridized carbons (Fsp3) is 0.0588. The molecule has 0 saturated carbocycles. The van der Waals surface area contributed by atoms with Crippen molar-refractivity contribution in [3.05, 3.63) is 86.0 Å². The van der Waals surface area contributed by atoms with Gasteiger partial charge in [-0.2, -0.15) is 5.10 Å². The minimum atomic E-state index is -0.585. The van der Waals surface area contributed by atoms with Gasteiger partial charge >= 0.3 is 0 Å². The molecule has 132 valence electrons. The molecule has 0 saturated heterocycles. The van der Waals surface area contributed by atoms with Gasteiger partial charge < -0.3 is 5.32 Å². The standard InChI is InChI=1S/C17H12Cl2N4O3/c18-12-3-1-11(2-4-12)10-22-16(7-8-20-22)21-17(24)14-9-13(23(25)26)5-6-15(14)19/h1-9H,10H2,(H,21,24). The van der Waals surface area contributed by atoms with E-state index in [-0.39, 0.29) is 16.3 Å². The van der Waals surface area contributed by atoms with Crippen molar-refractivity contribution in [2.75, 3.05) is 5.32 Å². The van der Waals surface area contributed by atoms with Crippen molar-refractivity contribution in [2.24, 2.45) is 0 Å². The maximum absolute atomic E-state index is 12.5. The Hall–Kier alpha value is -2.90. The Bertz CT molecular complexity index is 970.